The highest BCUT2D eigenvalue weighted by molar-refractivity contribution is 5.99. The number of hydrogen-bond donors (Lipinski definition) is 0. The number of hydrogen-bond acceptors (Lipinski definition) is 5. The Morgan fingerprint density at radius 1 is 1.00 bits per heavy atom. The maximum absolute atomic E-state index is 12.4. The van der Waals surface area contributed by atoms with E-state index in [1.807, 2.05) is 12.1 Å². The van der Waals surface area contributed by atoms with E-state index in [2.05, 4.69) is 4.74 Å². The van der Waals surface area contributed by atoms with Gasteiger partial charge < -0.3 is 14.2 Å². The molecule has 1 aliphatic rings. The summed E-state index contributed by atoms with van der Waals surface area (Å²) >= 11 is 0. The topological polar surface area (TPSA) is 61.8 Å². The molecule has 0 bridgehead atoms. The van der Waals surface area contributed by atoms with E-state index in [0.717, 1.165) is 24.8 Å². The van der Waals surface area contributed by atoms with E-state index in [0.29, 0.717) is 5.56 Å². The second kappa shape index (κ2) is 8.82. The minimum absolute atomic E-state index is 0.00204. The molecule has 2 aromatic carbocycles. The van der Waals surface area contributed by atoms with Crippen LogP contribution >= 0.6 is 0 Å². The molecule has 0 unspecified atom stereocenters. The standard InChI is InChI=1S/C21H20F2O5/c1-2-26-19-11-16(8-9-18(19)28-21(22)23)20(25)27-12-17(24)15-7-6-13-4-3-5-14(13)10-15/h6-11,21H,2-5,12H2,1H3. The minimum Gasteiger partial charge on any atom is -0.490 e. The largest absolute Gasteiger partial charge is 0.490 e. The van der Waals surface area contributed by atoms with Crippen LogP contribution in [-0.2, 0) is 17.6 Å². The molecule has 0 aliphatic heterocycles. The van der Waals surface area contributed by atoms with Crippen molar-refractivity contribution in [2.45, 2.75) is 32.8 Å². The number of halogens is 2. The zero-order valence-electron chi connectivity index (χ0n) is 15.4. The number of carbonyl (C=O) groups is 2. The molecular weight excluding hydrogens is 370 g/mol. The highest BCUT2D eigenvalue weighted by atomic mass is 19.3. The van der Waals surface area contributed by atoms with Gasteiger partial charge in [-0.25, -0.2) is 4.79 Å². The van der Waals surface area contributed by atoms with Gasteiger partial charge in [-0.1, -0.05) is 12.1 Å². The molecule has 1 aliphatic carbocycles. The predicted octanol–water partition coefficient (Wildman–Crippen LogP) is 4.22. The minimum atomic E-state index is -3.01. The fourth-order valence-corrected chi connectivity index (χ4v) is 3.14. The molecule has 0 fully saturated rings. The zero-order chi connectivity index (χ0) is 20.1. The van der Waals surface area contributed by atoms with Crippen LogP contribution in [0.1, 0.15) is 45.2 Å². The Labute approximate surface area is 161 Å². The molecule has 0 radical (unpaired) electrons. The number of fused-ring (bicyclic) bond motifs is 1. The maximum atomic E-state index is 12.4. The number of Topliss-reactive ketones (excluding diaryl/α,β-unsaturated/α-hetero) is 1. The third-order valence-corrected chi connectivity index (χ3v) is 4.45. The van der Waals surface area contributed by atoms with Crippen molar-refractivity contribution >= 4 is 11.8 Å². The second-order valence-corrected chi connectivity index (χ2v) is 6.31. The number of rotatable bonds is 8. The van der Waals surface area contributed by atoms with E-state index < -0.39 is 19.2 Å². The summed E-state index contributed by atoms with van der Waals surface area (Å²) in [5, 5.41) is 0. The Kier molecular flexibility index (Phi) is 6.23. The van der Waals surface area contributed by atoms with E-state index in [-0.39, 0.29) is 29.5 Å². The molecule has 0 amide bonds. The molecule has 3 rings (SSSR count). The van der Waals surface area contributed by atoms with Crippen molar-refractivity contribution in [1.29, 1.82) is 0 Å². The molecule has 0 saturated heterocycles. The first-order valence-corrected chi connectivity index (χ1v) is 9.01. The van der Waals surface area contributed by atoms with Gasteiger partial charge in [0, 0.05) is 5.56 Å². The van der Waals surface area contributed by atoms with Crippen LogP contribution in [0.3, 0.4) is 0 Å². The van der Waals surface area contributed by atoms with Gasteiger partial charge in [0.15, 0.2) is 23.9 Å². The number of ether oxygens (including phenoxy) is 3. The van der Waals surface area contributed by atoms with Gasteiger partial charge in [-0.3, -0.25) is 4.79 Å². The number of benzene rings is 2. The monoisotopic (exact) mass is 390 g/mol. The maximum Gasteiger partial charge on any atom is 0.387 e. The first-order valence-electron chi connectivity index (χ1n) is 9.01. The van der Waals surface area contributed by atoms with Crippen LogP contribution in [0, 0.1) is 0 Å². The predicted molar refractivity (Wildman–Crippen MR) is 97.3 cm³/mol. The molecule has 2 aromatic rings. The summed E-state index contributed by atoms with van der Waals surface area (Å²) in [4.78, 5) is 24.6. The van der Waals surface area contributed by atoms with Crippen molar-refractivity contribution in [2.75, 3.05) is 13.2 Å². The third-order valence-electron chi connectivity index (χ3n) is 4.45. The van der Waals surface area contributed by atoms with Crippen molar-refractivity contribution in [3.63, 3.8) is 0 Å². The molecule has 148 valence electrons. The lowest BCUT2D eigenvalue weighted by Crippen LogP contribution is -2.15. The second-order valence-electron chi connectivity index (χ2n) is 6.31. The van der Waals surface area contributed by atoms with E-state index >= 15 is 0 Å². The van der Waals surface area contributed by atoms with Gasteiger partial charge in [0.25, 0.3) is 0 Å². The summed E-state index contributed by atoms with van der Waals surface area (Å²) in [6, 6.07) is 9.27. The molecule has 28 heavy (non-hydrogen) atoms. The van der Waals surface area contributed by atoms with Crippen molar-refractivity contribution in [3.8, 4) is 11.5 Å². The van der Waals surface area contributed by atoms with Gasteiger partial charge in [-0.15, -0.1) is 0 Å². The fraction of sp³-hybridized carbons (Fsp3) is 0.333. The molecule has 5 nitrogen and oxygen atoms in total. The Balaban J connectivity index is 1.65. The first kappa shape index (κ1) is 19.8. The van der Waals surface area contributed by atoms with Gasteiger partial charge in [0.05, 0.1) is 12.2 Å². The molecule has 0 saturated carbocycles. The molecule has 0 aromatic heterocycles. The van der Waals surface area contributed by atoms with E-state index in [9.17, 15) is 18.4 Å². The number of esters is 1. The molecule has 7 heteroatoms. The summed E-state index contributed by atoms with van der Waals surface area (Å²) in [6.07, 6.45) is 3.05. The summed E-state index contributed by atoms with van der Waals surface area (Å²) in [6.45, 7) is -1.54. The number of ketones is 1. The van der Waals surface area contributed by atoms with Crippen LogP contribution in [0.25, 0.3) is 0 Å². The zero-order valence-corrected chi connectivity index (χ0v) is 15.4. The average Bonchev–Trinajstić information content (AvgIpc) is 3.14. The van der Waals surface area contributed by atoms with Crippen molar-refractivity contribution < 1.29 is 32.6 Å². The van der Waals surface area contributed by atoms with Crippen LogP contribution in [0.2, 0.25) is 0 Å². The summed E-state index contributed by atoms with van der Waals surface area (Å²) in [5.74, 6) is -1.23. The lowest BCUT2D eigenvalue weighted by Gasteiger charge is -2.12. The van der Waals surface area contributed by atoms with Gasteiger partial charge in [-0.2, -0.15) is 8.78 Å². The highest BCUT2D eigenvalue weighted by Gasteiger charge is 2.18. The van der Waals surface area contributed by atoms with E-state index in [1.165, 1.54) is 23.8 Å². The van der Waals surface area contributed by atoms with Crippen molar-refractivity contribution in [3.05, 3.63) is 58.7 Å². The Morgan fingerprint density at radius 3 is 2.50 bits per heavy atom. The highest BCUT2D eigenvalue weighted by Crippen LogP contribution is 2.30. The molecule has 0 N–H and O–H groups in total. The summed E-state index contributed by atoms with van der Waals surface area (Å²) in [7, 11) is 0. The van der Waals surface area contributed by atoms with Crippen molar-refractivity contribution in [1.82, 2.24) is 0 Å². The molecule has 0 heterocycles. The number of alkyl halides is 2. The molecule has 0 spiro atoms. The summed E-state index contributed by atoms with van der Waals surface area (Å²) < 4.78 is 39.6. The molecule has 0 atom stereocenters. The smallest absolute Gasteiger partial charge is 0.387 e. The third kappa shape index (κ3) is 4.65. The molecular formula is C21H20F2O5. The van der Waals surface area contributed by atoms with Crippen LogP contribution < -0.4 is 9.47 Å². The van der Waals surface area contributed by atoms with Crippen LogP contribution in [0.4, 0.5) is 8.78 Å². The SMILES string of the molecule is CCOc1cc(C(=O)OCC(=O)c2ccc3c(c2)CCC3)ccc1OC(F)F. The van der Waals surface area contributed by atoms with Crippen LogP contribution in [0.15, 0.2) is 36.4 Å². The Morgan fingerprint density at radius 2 is 1.75 bits per heavy atom. The lowest BCUT2D eigenvalue weighted by atomic mass is 10.0. The number of carbonyl (C=O) groups excluding carboxylic acids is 2. The Bertz CT molecular complexity index is 879. The van der Waals surface area contributed by atoms with Gasteiger partial charge in [0.2, 0.25) is 0 Å². The van der Waals surface area contributed by atoms with Gasteiger partial charge in [0.1, 0.15) is 0 Å². The van der Waals surface area contributed by atoms with E-state index in [4.69, 9.17) is 9.47 Å². The van der Waals surface area contributed by atoms with Crippen molar-refractivity contribution in [2.24, 2.45) is 0 Å². The van der Waals surface area contributed by atoms with Gasteiger partial charge >= 0.3 is 12.6 Å². The van der Waals surface area contributed by atoms with Gasteiger partial charge in [-0.05, 0) is 61.6 Å². The fourth-order valence-electron chi connectivity index (χ4n) is 3.14. The first-order chi connectivity index (χ1) is 13.5. The quantitative estimate of drug-likeness (QED) is 0.499. The summed E-state index contributed by atoms with van der Waals surface area (Å²) in [5.41, 5.74) is 2.99. The van der Waals surface area contributed by atoms with Crippen LogP contribution in [-0.4, -0.2) is 31.6 Å². The van der Waals surface area contributed by atoms with E-state index in [1.54, 1.807) is 13.0 Å². The Hall–Kier alpha value is -2.96. The van der Waals surface area contributed by atoms with Crippen LogP contribution in [0.5, 0.6) is 11.5 Å². The average molecular weight is 390 g/mol. The normalized spacial score (nSPS) is 12.6. The number of aryl methyl sites for hydroxylation is 2. The lowest BCUT2D eigenvalue weighted by molar-refractivity contribution is -0.0514.